The Hall–Kier alpha value is -1.21. The second-order valence-corrected chi connectivity index (χ2v) is 7.19. The van der Waals surface area contributed by atoms with Gasteiger partial charge < -0.3 is 5.73 Å². The van der Waals surface area contributed by atoms with Gasteiger partial charge in [0.05, 0.1) is 4.90 Å². The van der Waals surface area contributed by atoms with Crippen molar-refractivity contribution in [1.82, 2.24) is 4.72 Å². The standard InChI is InChI=1S/C14H18N2O2S2/c1-11(15)13-3-2-4-14(9-13)20(17,18)16-7-5-12-6-8-19-10-12/h2-4,6,8-11,16H,5,7,15H2,1H3. The normalized spacial score (nSPS) is 13.3. The molecule has 0 aliphatic heterocycles. The van der Waals surface area contributed by atoms with Gasteiger partial charge >= 0.3 is 0 Å². The van der Waals surface area contributed by atoms with Crippen LogP contribution >= 0.6 is 11.3 Å². The van der Waals surface area contributed by atoms with Crippen LogP contribution in [0.5, 0.6) is 0 Å². The molecule has 108 valence electrons. The summed E-state index contributed by atoms with van der Waals surface area (Å²) in [6.07, 6.45) is 0.690. The fourth-order valence-corrected chi connectivity index (χ4v) is 3.60. The maximum Gasteiger partial charge on any atom is 0.240 e. The molecule has 1 heterocycles. The molecule has 0 radical (unpaired) electrons. The van der Waals surface area contributed by atoms with Crippen molar-refractivity contribution in [3.63, 3.8) is 0 Å². The van der Waals surface area contributed by atoms with Crippen molar-refractivity contribution < 1.29 is 8.42 Å². The SMILES string of the molecule is CC(N)c1cccc(S(=O)(=O)NCCc2ccsc2)c1. The summed E-state index contributed by atoms with van der Waals surface area (Å²) in [5.74, 6) is 0. The third-order valence-corrected chi connectivity index (χ3v) is 5.17. The van der Waals surface area contributed by atoms with Gasteiger partial charge in [-0.2, -0.15) is 11.3 Å². The van der Waals surface area contributed by atoms with E-state index in [2.05, 4.69) is 4.72 Å². The molecule has 20 heavy (non-hydrogen) atoms. The topological polar surface area (TPSA) is 72.2 Å². The van der Waals surface area contributed by atoms with Crippen LogP contribution in [0.4, 0.5) is 0 Å². The number of nitrogens with two attached hydrogens (primary N) is 1. The van der Waals surface area contributed by atoms with Crippen LogP contribution in [0.25, 0.3) is 0 Å². The highest BCUT2D eigenvalue weighted by Crippen LogP contribution is 2.16. The van der Waals surface area contributed by atoms with Crippen molar-refractivity contribution in [2.75, 3.05) is 6.54 Å². The van der Waals surface area contributed by atoms with E-state index in [0.717, 1.165) is 11.1 Å². The molecule has 1 unspecified atom stereocenters. The predicted octanol–water partition coefficient (Wildman–Crippen LogP) is 2.29. The molecule has 0 saturated heterocycles. The Labute approximate surface area is 123 Å². The van der Waals surface area contributed by atoms with Crippen LogP contribution in [-0.2, 0) is 16.4 Å². The molecule has 6 heteroatoms. The summed E-state index contributed by atoms with van der Waals surface area (Å²) in [6, 6.07) is 8.56. The van der Waals surface area contributed by atoms with Gasteiger partial charge in [-0.15, -0.1) is 0 Å². The van der Waals surface area contributed by atoms with Gasteiger partial charge in [-0.25, -0.2) is 13.1 Å². The Balaban J connectivity index is 2.04. The quantitative estimate of drug-likeness (QED) is 0.860. The summed E-state index contributed by atoms with van der Waals surface area (Å²) in [7, 11) is -3.47. The fraction of sp³-hybridized carbons (Fsp3) is 0.286. The molecular weight excluding hydrogens is 292 g/mol. The van der Waals surface area contributed by atoms with E-state index in [-0.39, 0.29) is 10.9 Å². The highest BCUT2D eigenvalue weighted by atomic mass is 32.2. The molecule has 2 rings (SSSR count). The van der Waals surface area contributed by atoms with Gasteiger partial charge in [0.2, 0.25) is 10.0 Å². The number of hydrogen-bond donors (Lipinski definition) is 2. The van der Waals surface area contributed by atoms with Crippen LogP contribution in [0, 0.1) is 0 Å². The van der Waals surface area contributed by atoms with E-state index in [4.69, 9.17) is 5.73 Å². The third kappa shape index (κ3) is 3.89. The van der Waals surface area contributed by atoms with Crippen molar-refractivity contribution in [2.45, 2.75) is 24.3 Å². The zero-order valence-electron chi connectivity index (χ0n) is 11.2. The molecule has 4 nitrogen and oxygen atoms in total. The minimum Gasteiger partial charge on any atom is -0.324 e. The molecule has 0 bridgehead atoms. The Kier molecular flexibility index (Phi) is 4.93. The maximum absolute atomic E-state index is 12.2. The van der Waals surface area contributed by atoms with Crippen LogP contribution in [-0.4, -0.2) is 15.0 Å². The average Bonchev–Trinajstić information content (AvgIpc) is 2.92. The van der Waals surface area contributed by atoms with E-state index < -0.39 is 10.0 Å². The van der Waals surface area contributed by atoms with Gasteiger partial charge in [0.15, 0.2) is 0 Å². The smallest absolute Gasteiger partial charge is 0.240 e. The van der Waals surface area contributed by atoms with E-state index in [1.807, 2.05) is 29.8 Å². The molecule has 1 aromatic carbocycles. The summed E-state index contributed by atoms with van der Waals surface area (Å²) in [5.41, 5.74) is 7.73. The summed E-state index contributed by atoms with van der Waals surface area (Å²) < 4.78 is 27.0. The van der Waals surface area contributed by atoms with Gasteiger partial charge in [0, 0.05) is 12.6 Å². The number of hydrogen-bond acceptors (Lipinski definition) is 4. The van der Waals surface area contributed by atoms with Crippen LogP contribution in [0.15, 0.2) is 46.0 Å². The minimum absolute atomic E-state index is 0.184. The first-order valence-corrected chi connectivity index (χ1v) is 8.78. The van der Waals surface area contributed by atoms with E-state index in [1.54, 1.807) is 29.5 Å². The van der Waals surface area contributed by atoms with Crippen LogP contribution in [0.3, 0.4) is 0 Å². The molecule has 0 amide bonds. The highest BCUT2D eigenvalue weighted by Gasteiger charge is 2.14. The van der Waals surface area contributed by atoms with E-state index in [1.165, 1.54) is 0 Å². The van der Waals surface area contributed by atoms with E-state index in [9.17, 15) is 8.42 Å². The average molecular weight is 310 g/mol. The Morgan fingerprint density at radius 3 is 2.80 bits per heavy atom. The van der Waals surface area contributed by atoms with E-state index >= 15 is 0 Å². The molecule has 0 aliphatic carbocycles. The molecule has 2 aromatic rings. The van der Waals surface area contributed by atoms with E-state index in [0.29, 0.717) is 13.0 Å². The zero-order chi connectivity index (χ0) is 14.6. The second-order valence-electron chi connectivity index (χ2n) is 4.64. The van der Waals surface area contributed by atoms with Crippen LogP contribution in [0.2, 0.25) is 0 Å². The summed E-state index contributed by atoms with van der Waals surface area (Å²) in [6.45, 7) is 2.22. The van der Waals surface area contributed by atoms with Gasteiger partial charge in [0.1, 0.15) is 0 Å². The van der Waals surface area contributed by atoms with Gasteiger partial charge in [-0.1, -0.05) is 12.1 Å². The maximum atomic E-state index is 12.2. The lowest BCUT2D eigenvalue weighted by molar-refractivity contribution is 0.581. The van der Waals surface area contributed by atoms with Crippen molar-refractivity contribution >= 4 is 21.4 Å². The van der Waals surface area contributed by atoms with Crippen LogP contribution in [0.1, 0.15) is 24.1 Å². The summed E-state index contributed by atoms with van der Waals surface area (Å²) in [4.78, 5) is 0.262. The summed E-state index contributed by atoms with van der Waals surface area (Å²) >= 11 is 1.61. The van der Waals surface area contributed by atoms with Crippen LogP contribution < -0.4 is 10.5 Å². The molecule has 0 saturated carbocycles. The van der Waals surface area contributed by atoms with Crippen molar-refractivity contribution in [3.05, 3.63) is 52.2 Å². The Morgan fingerprint density at radius 2 is 2.15 bits per heavy atom. The number of benzene rings is 1. The molecule has 1 atom stereocenters. The molecule has 3 N–H and O–H groups in total. The fourth-order valence-electron chi connectivity index (χ4n) is 1.81. The first-order chi connectivity index (χ1) is 9.49. The lowest BCUT2D eigenvalue weighted by Gasteiger charge is -2.10. The van der Waals surface area contributed by atoms with Gasteiger partial charge in [-0.05, 0) is 53.4 Å². The number of rotatable bonds is 6. The van der Waals surface area contributed by atoms with Gasteiger partial charge in [0.25, 0.3) is 0 Å². The number of sulfonamides is 1. The summed E-state index contributed by atoms with van der Waals surface area (Å²) in [5, 5.41) is 4.00. The molecule has 0 aliphatic rings. The first kappa shape index (κ1) is 15.2. The second kappa shape index (κ2) is 6.49. The van der Waals surface area contributed by atoms with Gasteiger partial charge in [-0.3, -0.25) is 0 Å². The van der Waals surface area contributed by atoms with Crippen molar-refractivity contribution in [3.8, 4) is 0 Å². The lowest BCUT2D eigenvalue weighted by atomic mass is 10.1. The molecule has 0 spiro atoms. The first-order valence-electron chi connectivity index (χ1n) is 6.35. The molecular formula is C14H18N2O2S2. The zero-order valence-corrected chi connectivity index (χ0v) is 12.9. The minimum atomic E-state index is -3.47. The number of thiophene rings is 1. The largest absolute Gasteiger partial charge is 0.324 e. The number of nitrogens with one attached hydrogen (secondary N) is 1. The van der Waals surface area contributed by atoms with Crippen molar-refractivity contribution in [2.24, 2.45) is 5.73 Å². The third-order valence-electron chi connectivity index (χ3n) is 2.98. The highest BCUT2D eigenvalue weighted by molar-refractivity contribution is 7.89. The van der Waals surface area contributed by atoms with Crippen molar-refractivity contribution in [1.29, 1.82) is 0 Å². The predicted molar refractivity (Wildman–Crippen MR) is 82.3 cm³/mol. The molecule has 0 fully saturated rings. The Bertz CT molecular complexity index is 650. The monoisotopic (exact) mass is 310 g/mol. The Morgan fingerprint density at radius 1 is 1.35 bits per heavy atom. The lowest BCUT2D eigenvalue weighted by Crippen LogP contribution is -2.26. The molecule has 1 aromatic heterocycles.